The van der Waals surface area contributed by atoms with Gasteiger partial charge in [-0.05, 0) is 29.5 Å². The quantitative estimate of drug-likeness (QED) is 0.631. The van der Waals surface area contributed by atoms with E-state index < -0.39 is 0 Å². The zero-order valence-corrected chi connectivity index (χ0v) is 8.42. The Morgan fingerprint density at radius 1 is 1.07 bits per heavy atom. The van der Waals surface area contributed by atoms with Crippen molar-refractivity contribution in [2.45, 2.75) is 19.4 Å². The van der Waals surface area contributed by atoms with E-state index in [1.165, 1.54) is 11.1 Å². The second-order valence-corrected chi connectivity index (χ2v) is 3.22. The first-order valence-corrected chi connectivity index (χ1v) is 4.79. The number of nitrogens with one attached hydrogen (secondary N) is 1. The molecule has 1 nitrogen and oxygen atoms in total. The average Bonchev–Trinajstić information content (AvgIpc) is 2.21. The van der Waals surface area contributed by atoms with Crippen molar-refractivity contribution >= 4 is 0 Å². The van der Waals surface area contributed by atoms with Gasteiger partial charge in [-0.2, -0.15) is 0 Å². The normalized spacial score (nSPS) is 9.79. The molecule has 73 valence electrons. The third-order valence-electron chi connectivity index (χ3n) is 2.27. The van der Waals surface area contributed by atoms with Crippen LogP contribution in [-0.2, 0) is 19.4 Å². The van der Waals surface area contributed by atoms with Crippen LogP contribution < -0.4 is 5.73 Å². The molecule has 0 unspecified atom stereocenters. The van der Waals surface area contributed by atoms with Gasteiger partial charge in [-0.15, -0.1) is 13.2 Å². The molecule has 0 amide bonds. The highest BCUT2D eigenvalue weighted by Crippen LogP contribution is 2.17. The van der Waals surface area contributed by atoms with E-state index in [0.29, 0.717) is 6.54 Å². The van der Waals surface area contributed by atoms with E-state index >= 15 is 0 Å². The van der Waals surface area contributed by atoms with Crippen molar-refractivity contribution in [2.24, 2.45) is 0 Å². The highest BCUT2D eigenvalue weighted by atomic mass is 14.5. The van der Waals surface area contributed by atoms with Crippen LogP contribution >= 0.6 is 0 Å². The summed E-state index contributed by atoms with van der Waals surface area (Å²) in [5.74, 6) is 0. The summed E-state index contributed by atoms with van der Waals surface area (Å²) in [6, 6.07) is 6.12. The molecule has 0 aliphatic heterocycles. The van der Waals surface area contributed by atoms with Gasteiger partial charge in [0.25, 0.3) is 0 Å². The molecule has 0 heterocycles. The van der Waals surface area contributed by atoms with Gasteiger partial charge in [-0.1, -0.05) is 30.4 Å². The Morgan fingerprint density at radius 3 is 2.29 bits per heavy atom. The summed E-state index contributed by atoms with van der Waals surface area (Å²) < 4.78 is 0. The third-order valence-corrected chi connectivity index (χ3v) is 2.27. The van der Waals surface area contributed by atoms with Crippen molar-refractivity contribution in [1.29, 1.82) is 0 Å². The fraction of sp³-hybridized carbons (Fsp3) is 0.231. The van der Waals surface area contributed by atoms with Crippen LogP contribution in [-0.4, -0.2) is 0 Å². The molecule has 0 saturated heterocycles. The highest BCUT2D eigenvalue weighted by molar-refractivity contribution is 5.37. The Balaban J connectivity index is 3.12. The van der Waals surface area contributed by atoms with E-state index in [9.17, 15) is 0 Å². The molecular formula is C13H16N. The summed E-state index contributed by atoms with van der Waals surface area (Å²) in [6.45, 7) is 7.83. The predicted octanol–water partition coefficient (Wildman–Crippen LogP) is 2.93. The van der Waals surface area contributed by atoms with Crippen molar-refractivity contribution < 1.29 is 0 Å². The SMILES string of the molecule is C=CCc1cccc(C[NH])c1CC=C. The lowest BCUT2D eigenvalue weighted by atomic mass is 9.96. The molecule has 14 heavy (non-hydrogen) atoms. The van der Waals surface area contributed by atoms with E-state index in [0.717, 1.165) is 18.4 Å². The van der Waals surface area contributed by atoms with Gasteiger partial charge in [-0.25, -0.2) is 0 Å². The minimum atomic E-state index is 0.341. The van der Waals surface area contributed by atoms with Crippen LogP contribution in [0.2, 0.25) is 0 Å². The Hall–Kier alpha value is -1.34. The third kappa shape index (κ3) is 2.33. The fourth-order valence-electron chi connectivity index (χ4n) is 1.61. The van der Waals surface area contributed by atoms with Gasteiger partial charge in [-0.3, -0.25) is 5.73 Å². The number of hydrogen-bond donors (Lipinski definition) is 0. The predicted molar refractivity (Wildman–Crippen MR) is 61.0 cm³/mol. The maximum absolute atomic E-state index is 7.43. The number of hydrogen-bond acceptors (Lipinski definition) is 0. The van der Waals surface area contributed by atoms with Crippen molar-refractivity contribution in [3.63, 3.8) is 0 Å². The topological polar surface area (TPSA) is 23.8 Å². The van der Waals surface area contributed by atoms with Gasteiger partial charge < -0.3 is 0 Å². The van der Waals surface area contributed by atoms with E-state index in [4.69, 9.17) is 5.73 Å². The van der Waals surface area contributed by atoms with E-state index in [1.807, 2.05) is 24.3 Å². The molecule has 1 N–H and O–H groups in total. The standard InChI is InChI=1S/C13H16N/c1-3-6-11-8-5-9-12(10-14)13(11)7-4-2/h3-5,8-9,14H,1-2,6-7,10H2. The van der Waals surface area contributed by atoms with E-state index in [1.54, 1.807) is 0 Å². The van der Waals surface area contributed by atoms with E-state index in [2.05, 4.69) is 19.2 Å². The molecule has 0 aliphatic carbocycles. The van der Waals surface area contributed by atoms with Crippen LogP contribution in [0, 0.1) is 0 Å². The first-order chi connectivity index (χ1) is 6.83. The monoisotopic (exact) mass is 186 g/mol. The molecule has 0 saturated carbocycles. The smallest absolute Gasteiger partial charge is 0.0354 e. The Kier molecular flexibility index (Phi) is 4.14. The van der Waals surface area contributed by atoms with Crippen LogP contribution in [0.25, 0.3) is 0 Å². The zero-order valence-electron chi connectivity index (χ0n) is 8.42. The Bertz CT molecular complexity index is 326. The van der Waals surface area contributed by atoms with Crippen LogP contribution in [0.4, 0.5) is 0 Å². The molecule has 0 aromatic heterocycles. The largest absolute Gasteiger partial charge is 0.253 e. The van der Waals surface area contributed by atoms with Crippen LogP contribution in [0.3, 0.4) is 0 Å². The second kappa shape index (κ2) is 5.40. The molecule has 1 heteroatoms. The maximum atomic E-state index is 7.43. The summed E-state index contributed by atoms with van der Waals surface area (Å²) in [4.78, 5) is 0. The fourth-order valence-corrected chi connectivity index (χ4v) is 1.61. The lowest BCUT2D eigenvalue weighted by Crippen LogP contribution is -1.99. The molecule has 1 aromatic carbocycles. The summed E-state index contributed by atoms with van der Waals surface area (Å²) in [5.41, 5.74) is 11.0. The number of benzene rings is 1. The molecule has 0 atom stereocenters. The first-order valence-electron chi connectivity index (χ1n) is 4.79. The molecule has 0 aliphatic rings. The second-order valence-electron chi connectivity index (χ2n) is 3.22. The number of rotatable bonds is 5. The molecule has 1 radical (unpaired) electrons. The van der Waals surface area contributed by atoms with Crippen molar-refractivity contribution in [2.75, 3.05) is 0 Å². The number of allylic oxidation sites excluding steroid dienone is 2. The molecule has 1 rings (SSSR count). The minimum absolute atomic E-state index is 0.341. The first kappa shape index (κ1) is 10.7. The highest BCUT2D eigenvalue weighted by Gasteiger charge is 2.04. The average molecular weight is 186 g/mol. The lowest BCUT2D eigenvalue weighted by molar-refractivity contribution is 0.979. The Labute approximate surface area is 85.9 Å². The van der Waals surface area contributed by atoms with Gasteiger partial charge in [0.15, 0.2) is 0 Å². The van der Waals surface area contributed by atoms with Crippen molar-refractivity contribution in [3.8, 4) is 0 Å². The van der Waals surface area contributed by atoms with Gasteiger partial charge in [0.2, 0.25) is 0 Å². The van der Waals surface area contributed by atoms with Gasteiger partial charge in [0.1, 0.15) is 0 Å². The summed E-state index contributed by atoms with van der Waals surface area (Å²) in [6.07, 6.45) is 5.51. The summed E-state index contributed by atoms with van der Waals surface area (Å²) >= 11 is 0. The van der Waals surface area contributed by atoms with Gasteiger partial charge in [0, 0.05) is 6.54 Å². The minimum Gasteiger partial charge on any atom is -0.253 e. The van der Waals surface area contributed by atoms with E-state index in [-0.39, 0.29) is 0 Å². The molecule has 0 fully saturated rings. The van der Waals surface area contributed by atoms with Crippen molar-refractivity contribution in [1.82, 2.24) is 5.73 Å². The Morgan fingerprint density at radius 2 is 1.71 bits per heavy atom. The van der Waals surface area contributed by atoms with Gasteiger partial charge in [0.05, 0.1) is 0 Å². The molecule has 1 aromatic rings. The van der Waals surface area contributed by atoms with Crippen LogP contribution in [0.1, 0.15) is 16.7 Å². The summed E-state index contributed by atoms with van der Waals surface area (Å²) in [7, 11) is 0. The van der Waals surface area contributed by atoms with Crippen molar-refractivity contribution in [3.05, 3.63) is 60.2 Å². The van der Waals surface area contributed by atoms with Gasteiger partial charge >= 0.3 is 0 Å². The molecular weight excluding hydrogens is 170 g/mol. The summed E-state index contributed by atoms with van der Waals surface area (Å²) in [5, 5.41) is 0. The maximum Gasteiger partial charge on any atom is 0.0354 e. The van der Waals surface area contributed by atoms with Crippen LogP contribution in [0.5, 0.6) is 0 Å². The molecule has 0 bridgehead atoms. The van der Waals surface area contributed by atoms with Crippen LogP contribution in [0.15, 0.2) is 43.5 Å². The zero-order chi connectivity index (χ0) is 10.4. The lowest BCUT2D eigenvalue weighted by Gasteiger charge is -2.10. The molecule has 0 spiro atoms.